The highest BCUT2D eigenvalue weighted by molar-refractivity contribution is 5.58. The molecule has 0 bridgehead atoms. The van der Waals surface area contributed by atoms with Crippen molar-refractivity contribution >= 4 is 0 Å². The van der Waals surface area contributed by atoms with Gasteiger partial charge in [0, 0.05) is 23.9 Å². The van der Waals surface area contributed by atoms with Crippen molar-refractivity contribution in [3.8, 4) is 22.8 Å². The van der Waals surface area contributed by atoms with Crippen LogP contribution in [0.5, 0.6) is 0 Å². The fraction of sp³-hybridized carbons (Fsp3) is 0.368. The fourth-order valence-corrected chi connectivity index (χ4v) is 3.39. The zero-order valence-electron chi connectivity index (χ0n) is 15.0. The molecule has 3 aromatic rings. The largest absolute Gasteiger partial charge is 0.401 e. The summed E-state index contributed by atoms with van der Waals surface area (Å²) in [5.74, 6) is 1.97. The van der Waals surface area contributed by atoms with Crippen molar-refractivity contribution in [3.05, 3.63) is 48.5 Å². The number of rotatable bonds is 4. The average Bonchev–Trinajstić information content (AvgIpc) is 3.18. The van der Waals surface area contributed by atoms with Crippen molar-refractivity contribution < 1.29 is 13.2 Å². The fourth-order valence-electron chi connectivity index (χ4n) is 3.39. The van der Waals surface area contributed by atoms with E-state index in [0.29, 0.717) is 49.0 Å². The number of aromatic amines is 1. The van der Waals surface area contributed by atoms with Crippen LogP contribution >= 0.6 is 0 Å². The van der Waals surface area contributed by atoms with Crippen LogP contribution in [-0.2, 0) is 0 Å². The summed E-state index contributed by atoms with van der Waals surface area (Å²) in [6.07, 6.45) is 0.456. The number of benzene rings is 1. The van der Waals surface area contributed by atoms with Crippen LogP contribution in [0, 0.1) is 0 Å². The molecule has 0 spiro atoms. The van der Waals surface area contributed by atoms with Gasteiger partial charge in [0.25, 0.3) is 0 Å². The molecule has 3 heterocycles. The maximum absolute atomic E-state index is 12.5. The lowest BCUT2D eigenvalue weighted by Crippen LogP contribution is -2.39. The minimum absolute atomic E-state index is 0.0789. The monoisotopic (exact) mass is 388 g/mol. The zero-order valence-corrected chi connectivity index (χ0v) is 15.0. The molecule has 0 saturated carbocycles. The maximum Gasteiger partial charge on any atom is 0.401 e. The summed E-state index contributed by atoms with van der Waals surface area (Å²) in [5, 5.41) is 8.36. The maximum atomic E-state index is 12.5. The van der Waals surface area contributed by atoms with Gasteiger partial charge in [0.15, 0.2) is 11.6 Å². The van der Waals surface area contributed by atoms with Crippen molar-refractivity contribution in [3.63, 3.8) is 0 Å². The van der Waals surface area contributed by atoms with Gasteiger partial charge < -0.3 is 4.98 Å². The van der Waals surface area contributed by atoms with E-state index in [1.54, 1.807) is 12.4 Å². The first-order valence-electron chi connectivity index (χ1n) is 9.07. The van der Waals surface area contributed by atoms with Gasteiger partial charge in [-0.25, -0.2) is 9.97 Å². The topological polar surface area (TPSA) is 70.6 Å². The van der Waals surface area contributed by atoms with Gasteiger partial charge in [0.05, 0.1) is 12.1 Å². The van der Waals surface area contributed by atoms with Crippen LogP contribution in [0.25, 0.3) is 22.8 Å². The molecule has 146 valence electrons. The summed E-state index contributed by atoms with van der Waals surface area (Å²) in [6, 6.07) is 9.66. The highest BCUT2D eigenvalue weighted by atomic mass is 19.4. The second-order valence-electron chi connectivity index (χ2n) is 6.89. The minimum Gasteiger partial charge on any atom is -0.325 e. The Labute approximate surface area is 159 Å². The Hall–Kier alpha value is -2.81. The molecule has 0 radical (unpaired) electrons. The smallest absolute Gasteiger partial charge is 0.325 e. The zero-order chi connectivity index (χ0) is 19.6. The van der Waals surface area contributed by atoms with E-state index < -0.39 is 12.7 Å². The average molecular weight is 388 g/mol. The van der Waals surface area contributed by atoms with Gasteiger partial charge in [-0.3, -0.25) is 4.90 Å². The SMILES string of the molecule is FC(F)(F)CN1CCC(c2nnc(-c3cnc(-c4ccccc4)nc3)[nH]2)CC1. The number of H-pyrrole nitrogens is 1. The van der Waals surface area contributed by atoms with Crippen LogP contribution in [0.3, 0.4) is 0 Å². The quantitative estimate of drug-likeness (QED) is 0.739. The second-order valence-corrected chi connectivity index (χ2v) is 6.89. The number of nitrogens with zero attached hydrogens (tertiary/aromatic N) is 5. The number of alkyl halides is 3. The third kappa shape index (κ3) is 4.36. The highest BCUT2D eigenvalue weighted by Crippen LogP contribution is 2.28. The molecule has 2 aromatic heterocycles. The molecular weight excluding hydrogens is 369 g/mol. The standard InChI is InChI=1S/C19H19F3N6/c20-19(21,22)12-28-8-6-14(7-9-28)17-25-18(27-26-17)15-10-23-16(24-11-15)13-4-2-1-3-5-13/h1-5,10-11,14H,6-9,12H2,(H,25,26,27). The molecule has 1 fully saturated rings. The van der Waals surface area contributed by atoms with Crippen molar-refractivity contribution in [1.82, 2.24) is 30.0 Å². The van der Waals surface area contributed by atoms with Crippen molar-refractivity contribution in [1.29, 1.82) is 0 Å². The van der Waals surface area contributed by atoms with E-state index in [0.717, 1.165) is 5.56 Å². The van der Waals surface area contributed by atoms with E-state index in [2.05, 4.69) is 25.1 Å². The summed E-state index contributed by atoms with van der Waals surface area (Å²) in [6.45, 7) is -0.0589. The molecule has 4 rings (SSSR count). The number of halogens is 3. The Bertz CT molecular complexity index is 899. The first-order chi connectivity index (χ1) is 13.5. The summed E-state index contributed by atoms with van der Waals surface area (Å²) < 4.78 is 37.5. The molecule has 0 amide bonds. The van der Waals surface area contributed by atoms with E-state index in [4.69, 9.17) is 0 Å². The van der Waals surface area contributed by atoms with E-state index in [1.165, 1.54) is 4.90 Å². The molecule has 28 heavy (non-hydrogen) atoms. The van der Waals surface area contributed by atoms with E-state index in [9.17, 15) is 13.2 Å². The molecule has 1 aliphatic heterocycles. The van der Waals surface area contributed by atoms with Gasteiger partial charge in [0.2, 0.25) is 0 Å². The van der Waals surface area contributed by atoms with Gasteiger partial charge in [-0.05, 0) is 25.9 Å². The van der Waals surface area contributed by atoms with Gasteiger partial charge in [-0.2, -0.15) is 13.2 Å². The van der Waals surface area contributed by atoms with Gasteiger partial charge in [-0.1, -0.05) is 30.3 Å². The number of likely N-dealkylation sites (tertiary alicyclic amines) is 1. The lowest BCUT2D eigenvalue weighted by molar-refractivity contribution is -0.148. The molecule has 1 N–H and O–H groups in total. The van der Waals surface area contributed by atoms with Gasteiger partial charge in [-0.15, -0.1) is 10.2 Å². The van der Waals surface area contributed by atoms with Crippen molar-refractivity contribution in [2.24, 2.45) is 0 Å². The van der Waals surface area contributed by atoms with Gasteiger partial charge in [0.1, 0.15) is 5.82 Å². The minimum atomic E-state index is -4.15. The third-order valence-corrected chi connectivity index (χ3v) is 4.84. The van der Waals surface area contributed by atoms with Gasteiger partial charge >= 0.3 is 6.18 Å². The normalized spacial score (nSPS) is 16.4. The summed E-state index contributed by atoms with van der Waals surface area (Å²) in [7, 11) is 0. The predicted octanol–water partition coefficient (Wildman–Crippen LogP) is 3.67. The Morgan fingerprint density at radius 1 is 0.964 bits per heavy atom. The molecule has 0 unspecified atom stereocenters. The number of hydrogen-bond acceptors (Lipinski definition) is 5. The second kappa shape index (κ2) is 7.67. The van der Waals surface area contributed by atoms with Crippen LogP contribution in [0.2, 0.25) is 0 Å². The molecule has 0 atom stereocenters. The number of hydrogen-bond donors (Lipinski definition) is 1. The molecule has 6 nitrogen and oxygen atoms in total. The van der Waals surface area contributed by atoms with E-state index in [-0.39, 0.29) is 5.92 Å². The Morgan fingerprint density at radius 3 is 2.29 bits per heavy atom. The van der Waals surface area contributed by atoms with Crippen LogP contribution < -0.4 is 0 Å². The Morgan fingerprint density at radius 2 is 1.64 bits per heavy atom. The molecular formula is C19H19F3N6. The number of nitrogens with one attached hydrogen (secondary N) is 1. The van der Waals surface area contributed by atoms with Crippen molar-refractivity contribution in [2.45, 2.75) is 24.9 Å². The summed E-state index contributed by atoms with van der Waals surface area (Å²) >= 11 is 0. The molecule has 0 aliphatic carbocycles. The lowest BCUT2D eigenvalue weighted by Gasteiger charge is -2.31. The van der Waals surface area contributed by atoms with Crippen LogP contribution in [0.4, 0.5) is 13.2 Å². The molecule has 1 aromatic carbocycles. The van der Waals surface area contributed by atoms with Crippen LogP contribution in [0.15, 0.2) is 42.7 Å². The first kappa shape index (κ1) is 18.5. The molecule has 1 aliphatic rings. The lowest BCUT2D eigenvalue weighted by atomic mass is 9.96. The third-order valence-electron chi connectivity index (χ3n) is 4.84. The highest BCUT2D eigenvalue weighted by Gasteiger charge is 2.33. The molecule has 1 saturated heterocycles. The number of piperidine rings is 1. The van der Waals surface area contributed by atoms with Crippen LogP contribution in [-0.4, -0.2) is 55.9 Å². The van der Waals surface area contributed by atoms with E-state index in [1.807, 2.05) is 30.3 Å². The summed E-state index contributed by atoms with van der Waals surface area (Å²) in [5.41, 5.74) is 1.64. The molecule has 9 heteroatoms. The predicted molar refractivity (Wildman–Crippen MR) is 97.3 cm³/mol. The van der Waals surface area contributed by atoms with E-state index >= 15 is 0 Å². The Kier molecular flexibility index (Phi) is 5.08. The number of aromatic nitrogens is 5. The summed E-state index contributed by atoms with van der Waals surface area (Å²) in [4.78, 5) is 13.4. The van der Waals surface area contributed by atoms with Crippen molar-refractivity contribution in [2.75, 3.05) is 19.6 Å². The first-order valence-corrected chi connectivity index (χ1v) is 9.07. The Balaban J connectivity index is 1.41. The van der Waals surface area contributed by atoms with Crippen LogP contribution in [0.1, 0.15) is 24.6 Å².